The van der Waals surface area contributed by atoms with Crippen molar-refractivity contribution in [3.05, 3.63) is 33.9 Å². The van der Waals surface area contributed by atoms with Crippen LogP contribution in [-0.4, -0.2) is 17.4 Å². The van der Waals surface area contributed by atoms with Gasteiger partial charge in [-0.15, -0.1) is 0 Å². The van der Waals surface area contributed by atoms with Crippen molar-refractivity contribution in [3.8, 4) is 0 Å². The van der Waals surface area contributed by atoms with Gasteiger partial charge in [0.25, 0.3) is 11.6 Å². The number of amides is 1. The molecule has 0 spiro atoms. The van der Waals surface area contributed by atoms with Gasteiger partial charge in [-0.25, -0.2) is 0 Å². The van der Waals surface area contributed by atoms with Crippen LogP contribution in [0.15, 0.2) is 18.2 Å². The Labute approximate surface area is 111 Å². The molecule has 19 heavy (non-hydrogen) atoms. The molecule has 0 heterocycles. The van der Waals surface area contributed by atoms with Crippen LogP contribution in [0.1, 0.15) is 36.0 Å². The second kappa shape index (κ2) is 5.69. The van der Waals surface area contributed by atoms with Gasteiger partial charge in [0.2, 0.25) is 0 Å². The topological polar surface area (TPSA) is 98.3 Å². The third kappa shape index (κ3) is 3.21. The molecule has 1 aromatic carbocycles. The smallest absolute Gasteiger partial charge is 0.270 e. The Morgan fingerprint density at radius 3 is 2.79 bits per heavy atom. The number of nitrogens with one attached hydrogen (secondary N) is 1. The fourth-order valence-corrected chi connectivity index (χ4v) is 2.12. The average Bonchev–Trinajstić information content (AvgIpc) is 2.32. The van der Waals surface area contributed by atoms with Gasteiger partial charge in [0.1, 0.15) is 0 Å². The van der Waals surface area contributed by atoms with Crippen LogP contribution in [0.2, 0.25) is 0 Å². The van der Waals surface area contributed by atoms with Crippen molar-refractivity contribution in [2.45, 2.75) is 25.7 Å². The zero-order valence-electron chi connectivity index (χ0n) is 10.6. The second-order valence-corrected chi connectivity index (χ2v) is 4.87. The molecule has 0 aromatic heterocycles. The summed E-state index contributed by atoms with van der Waals surface area (Å²) in [6, 6.07) is 3.90. The average molecular weight is 263 g/mol. The van der Waals surface area contributed by atoms with Crippen LogP contribution in [0.5, 0.6) is 0 Å². The molecule has 0 atom stereocenters. The number of hydrogen-bond donors (Lipinski definition) is 2. The fourth-order valence-electron chi connectivity index (χ4n) is 2.12. The quantitative estimate of drug-likeness (QED) is 0.482. The summed E-state index contributed by atoms with van der Waals surface area (Å²) in [4.78, 5) is 22.0. The molecule has 1 saturated carbocycles. The van der Waals surface area contributed by atoms with E-state index in [0.717, 1.165) is 6.42 Å². The molecule has 1 amide bonds. The van der Waals surface area contributed by atoms with Crippen molar-refractivity contribution in [1.82, 2.24) is 5.32 Å². The molecular formula is C13H17N3O3. The molecule has 3 N–H and O–H groups in total. The number of nitrogen functional groups attached to an aromatic ring is 1. The Kier molecular flexibility index (Phi) is 3.99. The maximum Gasteiger partial charge on any atom is 0.270 e. The lowest BCUT2D eigenvalue weighted by Crippen LogP contribution is -2.28. The summed E-state index contributed by atoms with van der Waals surface area (Å²) in [5.41, 5.74) is 5.97. The van der Waals surface area contributed by atoms with Crippen LogP contribution < -0.4 is 11.1 Å². The lowest BCUT2D eigenvalue weighted by atomic mass is 9.83. The Morgan fingerprint density at radius 2 is 2.21 bits per heavy atom. The van der Waals surface area contributed by atoms with E-state index >= 15 is 0 Å². The molecule has 0 radical (unpaired) electrons. The van der Waals surface area contributed by atoms with Crippen molar-refractivity contribution >= 4 is 17.3 Å². The van der Waals surface area contributed by atoms with Crippen LogP contribution in [0, 0.1) is 16.0 Å². The summed E-state index contributed by atoms with van der Waals surface area (Å²) in [5, 5.41) is 13.4. The number of non-ortho nitro benzene ring substituents is 1. The highest BCUT2D eigenvalue weighted by molar-refractivity contribution is 5.99. The summed E-state index contributed by atoms with van der Waals surface area (Å²) < 4.78 is 0. The highest BCUT2D eigenvalue weighted by Gasteiger charge is 2.18. The number of carbonyl (C=O) groups is 1. The molecule has 0 unspecified atom stereocenters. The highest BCUT2D eigenvalue weighted by Crippen LogP contribution is 2.28. The first-order valence-corrected chi connectivity index (χ1v) is 6.40. The summed E-state index contributed by atoms with van der Waals surface area (Å²) in [7, 11) is 0. The molecule has 102 valence electrons. The number of nitrogens with two attached hydrogens (primary N) is 1. The second-order valence-electron chi connectivity index (χ2n) is 4.87. The zero-order chi connectivity index (χ0) is 13.8. The van der Waals surface area contributed by atoms with Gasteiger partial charge in [0.15, 0.2) is 0 Å². The van der Waals surface area contributed by atoms with Gasteiger partial charge in [-0.2, -0.15) is 0 Å². The largest absolute Gasteiger partial charge is 0.398 e. The first-order valence-electron chi connectivity index (χ1n) is 6.40. The van der Waals surface area contributed by atoms with E-state index in [1.807, 2.05) is 0 Å². The van der Waals surface area contributed by atoms with E-state index < -0.39 is 4.92 Å². The molecule has 1 aromatic rings. The number of rotatable bonds is 5. The number of nitro benzene ring substituents is 1. The fraction of sp³-hybridized carbons (Fsp3) is 0.462. The maximum absolute atomic E-state index is 11.9. The van der Waals surface area contributed by atoms with Crippen molar-refractivity contribution < 1.29 is 9.72 Å². The standard InChI is InChI=1S/C13H17N3O3/c14-12-5-4-10(16(18)19)8-11(12)13(17)15-7-6-9-2-1-3-9/h4-5,8-9H,1-3,6-7,14H2,(H,15,17). The van der Waals surface area contributed by atoms with Crippen molar-refractivity contribution in [2.24, 2.45) is 5.92 Å². The summed E-state index contributed by atoms with van der Waals surface area (Å²) >= 11 is 0. The SMILES string of the molecule is Nc1ccc([N+](=O)[O-])cc1C(=O)NCCC1CCC1. The highest BCUT2D eigenvalue weighted by atomic mass is 16.6. The molecular weight excluding hydrogens is 246 g/mol. The molecule has 6 heteroatoms. The first kappa shape index (κ1) is 13.3. The van der Waals surface area contributed by atoms with Gasteiger partial charge in [-0.1, -0.05) is 19.3 Å². The minimum absolute atomic E-state index is 0.127. The third-order valence-electron chi connectivity index (χ3n) is 3.56. The number of carbonyl (C=O) groups excluding carboxylic acids is 1. The van der Waals surface area contributed by atoms with Crippen LogP contribution in [-0.2, 0) is 0 Å². The molecule has 0 bridgehead atoms. The zero-order valence-corrected chi connectivity index (χ0v) is 10.6. The number of anilines is 1. The predicted molar refractivity (Wildman–Crippen MR) is 71.8 cm³/mol. The third-order valence-corrected chi connectivity index (χ3v) is 3.56. The van der Waals surface area contributed by atoms with Crippen molar-refractivity contribution in [2.75, 3.05) is 12.3 Å². The molecule has 0 saturated heterocycles. The monoisotopic (exact) mass is 263 g/mol. The molecule has 1 fully saturated rings. The molecule has 1 aliphatic rings. The van der Waals surface area contributed by atoms with Crippen molar-refractivity contribution in [1.29, 1.82) is 0 Å². The molecule has 6 nitrogen and oxygen atoms in total. The van der Waals surface area contributed by atoms with Gasteiger partial charge in [-0.05, 0) is 18.4 Å². The van der Waals surface area contributed by atoms with Crippen molar-refractivity contribution in [3.63, 3.8) is 0 Å². The van der Waals surface area contributed by atoms with E-state index in [1.165, 1.54) is 37.5 Å². The maximum atomic E-state index is 11.9. The minimum atomic E-state index is -0.537. The Balaban J connectivity index is 1.96. The van der Waals surface area contributed by atoms with E-state index in [4.69, 9.17) is 5.73 Å². The van der Waals surface area contributed by atoms with E-state index in [-0.39, 0.29) is 22.8 Å². The Bertz CT molecular complexity index is 498. The summed E-state index contributed by atoms with van der Waals surface area (Å²) in [6.45, 7) is 0.589. The van der Waals surface area contributed by atoms with E-state index in [2.05, 4.69) is 5.32 Å². The van der Waals surface area contributed by atoms with Gasteiger partial charge >= 0.3 is 0 Å². The molecule has 0 aliphatic heterocycles. The molecule has 1 aliphatic carbocycles. The van der Waals surface area contributed by atoms with Gasteiger partial charge in [-0.3, -0.25) is 14.9 Å². The number of nitrogens with zero attached hydrogens (tertiary/aromatic N) is 1. The predicted octanol–water partition coefficient (Wildman–Crippen LogP) is 2.10. The first-order chi connectivity index (χ1) is 9.08. The van der Waals surface area contributed by atoms with E-state index in [1.54, 1.807) is 0 Å². The van der Waals surface area contributed by atoms with Gasteiger partial charge < -0.3 is 11.1 Å². The van der Waals surface area contributed by atoms with Gasteiger partial charge in [0, 0.05) is 24.4 Å². The Morgan fingerprint density at radius 1 is 1.47 bits per heavy atom. The molecule has 2 rings (SSSR count). The van der Waals surface area contributed by atoms with E-state index in [9.17, 15) is 14.9 Å². The van der Waals surface area contributed by atoms with Gasteiger partial charge in [0.05, 0.1) is 10.5 Å². The summed E-state index contributed by atoms with van der Waals surface area (Å²) in [6.07, 6.45) is 4.70. The lowest BCUT2D eigenvalue weighted by molar-refractivity contribution is -0.384. The normalized spacial score (nSPS) is 14.7. The van der Waals surface area contributed by atoms with Crippen LogP contribution >= 0.6 is 0 Å². The van der Waals surface area contributed by atoms with E-state index in [0.29, 0.717) is 12.5 Å². The minimum Gasteiger partial charge on any atom is -0.398 e. The summed E-state index contributed by atoms with van der Waals surface area (Å²) in [5.74, 6) is 0.364. The number of hydrogen-bond acceptors (Lipinski definition) is 4. The lowest BCUT2D eigenvalue weighted by Gasteiger charge is -2.25. The van der Waals surface area contributed by atoms with Crippen LogP contribution in [0.4, 0.5) is 11.4 Å². The van der Waals surface area contributed by atoms with Crippen LogP contribution in [0.3, 0.4) is 0 Å². The Hall–Kier alpha value is -2.11. The number of nitro groups is 1. The van der Waals surface area contributed by atoms with Crippen LogP contribution in [0.25, 0.3) is 0 Å². The number of benzene rings is 1.